The molecule has 88 valence electrons. The summed E-state index contributed by atoms with van der Waals surface area (Å²) >= 11 is 0. The van der Waals surface area contributed by atoms with Crippen LogP contribution in [0.4, 0.5) is 4.39 Å². The van der Waals surface area contributed by atoms with Gasteiger partial charge in [0.15, 0.2) is 0 Å². The van der Waals surface area contributed by atoms with E-state index in [1.165, 1.54) is 6.07 Å². The first-order valence-corrected chi connectivity index (χ1v) is 5.42. The van der Waals surface area contributed by atoms with E-state index in [0.717, 1.165) is 11.1 Å². The van der Waals surface area contributed by atoms with Crippen LogP contribution in [0.25, 0.3) is 0 Å². The molecule has 1 aromatic heterocycles. The monoisotopic (exact) mass is 231 g/mol. The summed E-state index contributed by atoms with van der Waals surface area (Å²) in [6.07, 6.45) is 3.25. The van der Waals surface area contributed by atoms with Crippen LogP contribution in [0, 0.1) is 12.7 Å². The molecule has 2 rings (SSSR count). The summed E-state index contributed by atoms with van der Waals surface area (Å²) in [5.74, 6) is -0.216. The van der Waals surface area contributed by atoms with Crippen LogP contribution >= 0.6 is 0 Å². The lowest BCUT2D eigenvalue weighted by Gasteiger charge is -2.17. The lowest BCUT2D eigenvalue weighted by Crippen LogP contribution is -2.19. The zero-order valence-corrected chi connectivity index (χ0v) is 9.81. The van der Waals surface area contributed by atoms with E-state index in [9.17, 15) is 4.39 Å². The Kier molecular flexibility index (Phi) is 3.44. The van der Waals surface area contributed by atoms with Gasteiger partial charge in [-0.3, -0.25) is 0 Å². The number of aryl methyl sites for hydroxylation is 1. The molecule has 3 nitrogen and oxygen atoms in total. The number of hydrogen-bond donors (Lipinski definition) is 1. The van der Waals surface area contributed by atoms with Crippen molar-refractivity contribution in [3.8, 4) is 0 Å². The van der Waals surface area contributed by atoms with Gasteiger partial charge in [0.25, 0.3) is 0 Å². The number of halogens is 1. The molecule has 2 aromatic rings. The highest BCUT2D eigenvalue weighted by Crippen LogP contribution is 2.24. The molecule has 4 heteroatoms. The number of hydrogen-bond acceptors (Lipinski definition) is 3. The number of nitrogens with zero attached hydrogens (tertiary/aromatic N) is 2. The topological polar surface area (TPSA) is 37.8 Å². The Balaban J connectivity index is 2.46. The van der Waals surface area contributed by atoms with Gasteiger partial charge in [0.05, 0.1) is 12.2 Å². The number of nitrogens with one attached hydrogen (secondary N) is 1. The van der Waals surface area contributed by atoms with E-state index in [1.54, 1.807) is 25.5 Å². The number of rotatable bonds is 3. The molecule has 0 radical (unpaired) electrons. The van der Waals surface area contributed by atoms with Gasteiger partial charge < -0.3 is 5.32 Å². The third-order valence-corrected chi connectivity index (χ3v) is 2.69. The molecule has 1 heterocycles. The van der Waals surface area contributed by atoms with E-state index in [4.69, 9.17) is 0 Å². The molecule has 0 amide bonds. The van der Waals surface area contributed by atoms with E-state index >= 15 is 0 Å². The highest BCUT2D eigenvalue weighted by Gasteiger charge is 2.16. The molecule has 0 aliphatic rings. The van der Waals surface area contributed by atoms with Crippen molar-refractivity contribution in [2.24, 2.45) is 0 Å². The highest BCUT2D eigenvalue weighted by atomic mass is 19.1. The third kappa shape index (κ3) is 2.47. The Morgan fingerprint density at radius 2 is 2.06 bits per heavy atom. The number of aromatic nitrogens is 2. The predicted molar refractivity (Wildman–Crippen MR) is 64.1 cm³/mol. The van der Waals surface area contributed by atoms with E-state index in [2.05, 4.69) is 15.5 Å². The summed E-state index contributed by atoms with van der Waals surface area (Å²) in [6.45, 7) is 1.94. The zero-order valence-electron chi connectivity index (χ0n) is 9.81. The van der Waals surface area contributed by atoms with Gasteiger partial charge in [0.1, 0.15) is 5.82 Å². The third-order valence-electron chi connectivity index (χ3n) is 2.69. The van der Waals surface area contributed by atoms with Crippen LogP contribution in [-0.2, 0) is 0 Å². The first-order chi connectivity index (χ1) is 8.22. The van der Waals surface area contributed by atoms with Crippen LogP contribution in [0.3, 0.4) is 0 Å². The van der Waals surface area contributed by atoms with Gasteiger partial charge in [-0.2, -0.15) is 10.2 Å². The molecule has 1 unspecified atom stereocenters. The van der Waals surface area contributed by atoms with Crippen molar-refractivity contribution >= 4 is 0 Å². The van der Waals surface area contributed by atoms with E-state index in [1.807, 2.05) is 19.1 Å². The smallest absolute Gasteiger partial charge is 0.128 e. The van der Waals surface area contributed by atoms with Crippen molar-refractivity contribution in [1.82, 2.24) is 15.5 Å². The van der Waals surface area contributed by atoms with Crippen molar-refractivity contribution in [2.45, 2.75) is 13.0 Å². The fourth-order valence-electron chi connectivity index (χ4n) is 1.86. The molecular formula is C13H14FN3. The maximum Gasteiger partial charge on any atom is 0.128 e. The Hall–Kier alpha value is -1.81. The van der Waals surface area contributed by atoms with Crippen molar-refractivity contribution in [1.29, 1.82) is 0 Å². The molecule has 1 atom stereocenters. The molecular weight excluding hydrogens is 217 g/mol. The van der Waals surface area contributed by atoms with Crippen molar-refractivity contribution in [2.75, 3.05) is 7.05 Å². The Morgan fingerprint density at radius 1 is 1.24 bits per heavy atom. The quantitative estimate of drug-likeness (QED) is 0.880. The fraction of sp³-hybridized carbons (Fsp3) is 0.231. The zero-order chi connectivity index (χ0) is 12.3. The largest absolute Gasteiger partial charge is 0.309 e. The predicted octanol–water partition coefficient (Wildman–Crippen LogP) is 2.23. The van der Waals surface area contributed by atoms with Crippen LogP contribution in [0.15, 0.2) is 36.7 Å². The standard InChI is InChI=1S/C13H14FN3/c1-9-3-4-12(14)11(7-9)13(15-2)10-5-6-16-17-8-10/h3-8,13,15H,1-2H3. The number of benzene rings is 1. The maximum atomic E-state index is 13.8. The molecule has 0 bridgehead atoms. The lowest BCUT2D eigenvalue weighted by molar-refractivity contribution is 0.574. The van der Waals surface area contributed by atoms with Gasteiger partial charge >= 0.3 is 0 Å². The second kappa shape index (κ2) is 5.01. The fourth-order valence-corrected chi connectivity index (χ4v) is 1.86. The van der Waals surface area contributed by atoms with Gasteiger partial charge in [-0.15, -0.1) is 0 Å². The van der Waals surface area contributed by atoms with Gasteiger partial charge in [0, 0.05) is 11.8 Å². The molecule has 0 aliphatic carbocycles. The molecule has 0 spiro atoms. The molecule has 0 fully saturated rings. The van der Waals surface area contributed by atoms with Gasteiger partial charge in [-0.1, -0.05) is 17.7 Å². The average molecular weight is 231 g/mol. The van der Waals surface area contributed by atoms with Crippen LogP contribution in [0.1, 0.15) is 22.7 Å². The summed E-state index contributed by atoms with van der Waals surface area (Å²) < 4.78 is 13.8. The van der Waals surface area contributed by atoms with E-state index in [0.29, 0.717) is 5.56 Å². The molecule has 17 heavy (non-hydrogen) atoms. The van der Waals surface area contributed by atoms with Gasteiger partial charge in [0.2, 0.25) is 0 Å². The van der Waals surface area contributed by atoms with Crippen LogP contribution < -0.4 is 5.32 Å². The van der Waals surface area contributed by atoms with Crippen molar-refractivity contribution < 1.29 is 4.39 Å². The minimum atomic E-state index is -0.216. The van der Waals surface area contributed by atoms with Gasteiger partial charge in [-0.25, -0.2) is 4.39 Å². The first-order valence-electron chi connectivity index (χ1n) is 5.42. The Bertz CT molecular complexity index is 499. The summed E-state index contributed by atoms with van der Waals surface area (Å²) in [7, 11) is 1.80. The Labute approximate surface area is 99.7 Å². The summed E-state index contributed by atoms with van der Waals surface area (Å²) in [5, 5.41) is 10.6. The van der Waals surface area contributed by atoms with Crippen LogP contribution in [-0.4, -0.2) is 17.2 Å². The normalized spacial score (nSPS) is 12.4. The van der Waals surface area contributed by atoms with E-state index < -0.39 is 0 Å². The Morgan fingerprint density at radius 3 is 2.71 bits per heavy atom. The minimum absolute atomic E-state index is 0.203. The average Bonchev–Trinajstić information content (AvgIpc) is 2.36. The minimum Gasteiger partial charge on any atom is -0.309 e. The van der Waals surface area contributed by atoms with E-state index in [-0.39, 0.29) is 11.9 Å². The SMILES string of the molecule is CNC(c1ccnnc1)c1cc(C)ccc1F. The second-order valence-electron chi connectivity index (χ2n) is 3.92. The molecule has 0 aliphatic heterocycles. The van der Waals surface area contributed by atoms with Crippen molar-refractivity contribution in [3.63, 3.8) is 0 Å². The van der Waals surface area contributed by atoms with Gasteiger partial charge in [-0.05, 0) is 31.7 Å². The summed E-state index contributed by atoms with van der Waals surface area (Å²) in [5.41, 5.74) is 2.55. The first kappa shape index (κ1) is 11.7. The lowest BCUT2D eigenvalue weighted by atomic mass is 9.98. The van der Waals surface area contributed by atoms with Crippen LogP contribution in [0.5, 0.6) is 0 Å². The summed E-state index contributed by atoms with van der Waals surface area (Å²) in [6, 6.07) is 6.72. The van der Waals surface area contributed by atoms with Crippen LogP contribution in [0.2, 0.25) is 0 Å². The molecule has 0 saturated heterocycles. The second-order valence-corrected chi connectivity index (χ2v) is 3.92. The molecule has 1 N–H and O–H groups in total. The maximum absolute atomic E-state index is 13.8. The molecule has 0 saturated carbocycles. The highest BCUT2D eigenvalue weighted by molar-refractivity contribution is 5.33. The van der Waals surface area contributed by atoms with Crippen molar-refractivity contribution in [3.05, 3.63) is 59.2 Å². The molecule has 1 aromatic carbocycles. The summed E-state index contributed by atoms with van der Waals surface area (Å²) in [4.78, 5) is 0.